The molecular formula is C15H22N4O4. The lowest BCUT2D eigenvalue weighted by atomic mass is 10.1. The Morgan fingerprint density at radius 2 is 2.04 bits per heavy atom. The van der Waals surface area contributed by atoms with Gasteiger partial charge in [0.25, 0.3) is 5.91 Å². The van der Waals surface area contributed by atoms with E-state index in [1.165, 1.54) is 0 Å². The molecule has 1 aromatic rings. The third-order valence-corrected chi connectivity index (χ3v) is 3.05. The van der Waals surface area contributed by atoms with E-state index in [0.717, 1.165) is 0 Å². The van der Waals surface area contributed by atoms with E-state index in [1.807, 2.05) is 0 Å². The van der Waals surface area contributed by atoms with Crippen LogP contribution < -0.4 is 11.1 Å². The molecule has 8 nitrogen and oxygen atoms in total. The molecule has 0 spiro atoms. The summed E-state index contributed by atoms with van der Waals surface area (Å²) in [5, 5.41) is 20.2. The zero-order chi connectivity index (χ0) is 17.2. The lowest BCUT2D eigenvalue weighted by Gasteiger charge is -2.24. The molecule has 8 heteroatoms. The number of nitrogens with one attached hydrogen (secondary N) is 2. The molecule has 0 aromatic heterocycles. The average molecular weight is 322 g/mol. The average Bonchev–Trinajstić information content (AvgIpc) is 2.54. The number of carbonyl (C=O) groups excluding carboxylic acids is 2. The highest BCUT2D eigenvalue weighted by atomic mass is 16.6. The fraction of sp³-hybridized carbons (Fsp3) is 0.400. The molecule has 0 unspecified atom stereocenters. The van der Waals surface area contributed by atoms with Gasteiger partial charge in [0.15, 0.2) is 12.0 Å². The minimum atomic E-state index is -1.11. The fourth-order valence-corrected chi connectivity index (χ4v) is 1.95. The maximum absolute atomic E-state index is 12.2. The van der Waals surface area contributed by atoms with Crippen LogP contribution in [-0.4, -0.2) is 47.3 Å². The van der Waals surface area contributed by atoms with Crippen molar-refractivity contribution in [3.8, 4) is 0 Å². The highest BCUT2D eigenvalue weighted by Crippen LogP contribution is 2.12. The normalized spacial score (nSPS) is 11.4. The molecule has 23 heavy (non-hydrogen) atoms. The minimum absolute atomic E-state index is 0.147. The van der Waals surface area contributed by atoms with Crippen LogP contribution in [-0.2, 0) is 9.53 Å². The standard InChI is InChI=1S/C15H22N4O4/c1-2-23-14(21)12(9-6-10-18-15(16)17)19(22)13(20)11-7-4-3-5-8-11/h3-5,7-8,12,22H,2,6,9-10H2,1H3,(H4,16,17,18)/t12-/m0/s1. The number of nitrogens with zero attached hydrogens (tertiary/aromatic N) is 1. The van der Waals surface area contributed by atoms with Crippen LogP contribution in [0.5, 0.6) is 0 Å². The molecule has 0 saturated heterocycles. The molecule has 126 valence electrons. The van der Waals surface area contributed by atoms with Crippen LogP contribution in [0.4, 0.5) is 0 Å². The fourth-order valence-electron chi connectivity index (χ4n) is 1.95. The Balaban J connectivity index is 2.75. The van der Waals surface area contributed by atoms with Crippen LogP contribution in [0.1, 0.15) is 30.1 Å². The Hall–Kier alpha value is -2.61. The van der Waals surface area contributed by atoms with Gasteiger partial charge in [-0.05, 0) is 31.9 Å². The van der Waals surface area contributed by atoms with Crippen molar-refractivity contribution in [3.05, 3.63) is 35.9 Å². The van der Waals surface area contributed by atoms with Crippen LogP contribution in [0.3, 0.4) is 0 Å². The van der Waals surface area contributed by atoms with Gasteiger partial charge in [0, 0.05) is 12.1 Å². The highest BCUT2D eigenvalue weighted by molar-refractivity contribution is 5.95. The van der Waals surface area contributed by atoms with Crippen molar-refractivity contribution in [2.45, 2.75) is 25.8 Å². The van der Waals surface area contributed by atoms with Gasteiger partial charge in [-0.15, -0.1) is 0 Å². The summed E-state index contributed by atoms with van der Waals surface area (Å²) in [5.74, 6) is -1.54. The number of ether oxygens (including phenoxy) is 1. The van der Waals surface area contributed by atoms with Crippen LogP contribution in [0, 0.1) is 5.41 Å². The number of hydrogen-bond donors (Lipinski definition) is 4. The van der Waals surface area contributed by atoms with Gasteiger partial charge in [0.1, 0.15) is 0 Å². The van der Waals surface area contributed by atoms with E-state index in [2.05, 4.69) is 5.32 Å². The summed E-state index contributed by atoms with van der Waals surface area (Å²) in [6, 6.07) is 7.05. The predicted molar refractivity (Wildman–Crippen MR) is 84.0 cm³/mol. The van der Waals surface area contributed by atoms with Crippen molar-refractivity contribution in [1.82, 2.24) is 10.4 Å². The Morgan fingerprint density at radius 3 is 2.61 bits per heavy atom. The Morgan fingerprint density at radius 1 is 1.39 bits per heavy atom. The third kappa shape index (κ3) is 5.95. The lowest BCUT2D eigenvalue weighted by molar-refractivity contribution is -0.164. The number of hydrogen-bond acceptors (Lipinski definition) is 5. The van der Waals surface area contributed by atoms with E-state index >= 15 is 0 Å². The van der Waals surface area contributed by atoms with Crippen molar-refractivity contribution >= 4 is 17.8 Å². The summed E-state index contributed by atoms with van der Waals surface area (Å²) in [6.07, 6.45) is 0.594. The first-order valence-corrected chi connectivity index (χ1v) is 7.29. The monoisotopic (exact) mass is 322 g/mol. The number of guanidine groups is 1. The van der Waals surface area contributed by atoms with Crippen molar-refractivity contribution < 1.29 is 19.5 Å². The summed E-state index contributed by atoms with van der Waals surface area (Å²) in [5.41, 5.74) is 5.44. The molecule has 0 aliphatic carbocycles. The summed E-state index contributed by atoms with van der Waals surface area (Å²) < 4.78 is 4.91. The van der Waals surface area contributed by atoms with Crippen molar-refractivity contribution in [2.24, 2.45) is 5.73 Å². The van der Waals surface area contributed by atoms with Gasteiger partial charge in [-0.2, -0.15) is 0 Å². The molecule has 0 aliphatic rings. The Labute approximate surface area is 134 Å². The summed E-state index contributed by atoms with van der Waals surface area (Å²) >= 11 is 0. The molecule has 1 rings (SSSR count). The first kappa shape index (κ1) is 18.4. The number of benzene rings is 1. The van der Waals surface area contributed by atoms with Gasteiger partial charge in [0.05, 0.1) is 6.61 Å². The van der Waals surface area contributed by atoms with Gasteiger partial charge in [0.2, 0.25) is 0 Å². The molecule has 1 atom stereocenters. The molecular weight excluding hydrogens is 300 g/mol. The quantitative estimate of drug-likeness (QED) is 0.139. The third-order valence-electron chi connectivity index (χ3n) is 3.05. The maximum atomic E-state index is 12.2. The van der Waals surface area contributed by atoms with E-state index in [-0.39, 0.29) is 24.6 Å². The zero-order valence-electron chi connectivity index (χ0n) is 13.0. The Bertz CT molecular complexity index is 536. The second kappa shape index (κ2) is 9.42. The summed E-state index contributed by atoms with van der Waals surface area (Å²) in [7, 11) is 0. The number of esters is 1. The van der Waals surface area contributed by atoms with Gasteiger partial charge in [-0.1, -0.05) is 18.2 Å². The topological polar surface area (TPSA) is 129 Å². The van der Waals surface area contributed by atoms with Crippen molar-refractivity contribution in [2.75, 3.05) is 13.2 Å². The largest absolute Gasteiger partial charge is 0.464 e. The van der Waals surface area contributed by atoms with Crippen LogP contribution in [0.25, 0.3) is 0 Å². The minimum Gasteiger partial charge on any atom is -0.464 e. The summed E-state index contributed by atoms with van der Waals surface area (Å²) in [6.45, 7) is 2.14. The van der Waals surface area contributed by atoms with Gasteiger partial charge >= 0.3 is 5.97 Å². The number of hydroxylamine groups is 2. The smallest absolute Gasteiger partial charge is 0.331 e. The van der Waals surface area contributed by atoms with E-state index < -0.39 is 17.9 Å². The lowest BCUT2D eigenvalue weighted by Crippen LogP contribution is -2.44. The Kier molecular flexibility index (Phi) is 7.55. The first-order valence-electron chi connectivity index (χ1n) is 7.29. The van der Waals surface area contributed by atoms with Crippen molar-refractivity contribution in [3.63, 3.8) is 0 Å². The highest BCUT2D eigenvalue weighted by Gasteiger charge is 2.30. The van der Waals surface area contributed by atoms with Crippen molar-refractivity contribution in [1.29, 1.82) is 5.41 Å². The summed E-state index contributed by atoms with van der Waals surface area (Å²) in [4.78, 5) is 24.2. The molecule has 0 heterocycles. The maximum Gasteiger partial charge on any atom is 0.331 e. The second-order valence-electron chi connectivity index (χ2n) is 4.77. The SMILES string of the molecule is CCOC(=O)[C@H](CCCNC(=N)N)N(O)C(=O)c1ccccc1. The van der Waals surface area contributed by atoms with Crippen LogP contribution in [0.2, 0.25) is 0 Å². The molecule has 5 N–H and O–H groups in total. The van der Waals surface area contributed by atoms with Gasteiger partial charge in [-0.3, -0.25) is 15.4 Å². The molecule has 0 fully saturated rings. The van der Waals surface area contributed by atoms with Crippen LogP contribution in [0.15, 0.2) is 30.3 Å². The molecule has 0 bridgehead atoms. The molecule has 1 aromatic carbocycles. The molecule has 0 aliphatic heterocycles. The van der Waals surface area contributed by atoms with E-state index in [0.29, 0.717) is 18.0 Å². The van der Waals surface area contributed by atoms with E-state index in [9.17, 15) is 14.8 Å². The molecule has 0 radical (unpaired) electrons. The zero-order valence-corrected chi connectivity index (χ0v) is 13.0. The second-order valence-corrected chi connectivity index (χ2v) is 4.77. The number of nitrogens with two attached hydrogens (primary N) is 1. The van der Waals surface area contributed by atoms with Gasteiger partial charge in [-0.25, -0.2) is 9.86 Å². The number of carbonyl (C=O) groups is 2. The van der Waals surface area contributed by atoms with Crippen LogP contribution >= 0.6 is 0 Å². The van der Waals surface area contributed by atoms with E-state index in [4.69, 9.17) is 15.9 Å². The predicted octanol–water partition coefficient (Wildman–Crippen LogP) is 0.713. The number of amides is 1. The van der Waals surface area contributed by atoms with Gasteiger partial charge < -0.3 is 15.8 Å². The first-order chi connectivity index (χ1) is 11.0. The molecule has 1 amide bonds. The molecule has 0 saturated carbocycles. The van der Waals surface area contributed by atoms with E-state index in [1.54, 1.807) is 37.3 Å². The number of rotatable bonds is 8.